The van der Waals surface area contributed by atoms with E-state index in [1.54, 1.807) is 38.0 Å². The topological polar surface area (TPSA) is 89.8 Å². The van der Waals surface area contributed by atoms with E-state index >= 15 is 0 Å². The number of nitrogens with one attached hydrogen (secondary N) is 1. The van der Waals surface area contributed by atoms with Crippen molar-refractivity contribution in [3.63, 3.8) is 0 Å². The Hall–Kier alpha value is -1.72. The molecular weight excluding hydrogens is 494 g/mol. The SMILES string of the molecule is COc1cc(C)c(S(=O)(=O)C2CCOC[C@H]2COCC(=O)N2CCN(C3CC[NH+](C)CC3)CC2)c(C)c1. The molecule has 3 aliphatic heterocycles. The number of methoxy groups -OCH3 is 1. The minimum atomic E-state index is -3.61. The van der Waals surface area contributed by atoms with Crippen LogP contribution in [0.3, 0.4) is 0 Å². The number of benzene rings is 1. The standard InChI is InChI=1S/C27H43N3O6S/c1-20-15-24(34-4)16-21(2)27(20)37(32,33)25-7-14-35-17-22(25)18-36-19-26(31)30-12-10-29(11-13-30)23-5-8-28(3)9-6-23/h15-16,22-23,25H,5-14,17-19H2,1-4H3/p+1/t22-,25?/m0/s1. The van der Waals surface area contributed by atoms with Gasteiger partial charge in [0.05, 0.1) is 50.6 Å². The highest BCUT2D eigenvalue weighted by Gasteiger charge is 2.39. The van der Waals surface area contributed by atoms with Gasteiger partial charge in [-0.3, -0.25) is 9.69 Å². The number of rotatable bonds is 8. The zero-order valence-electron chi connectivity index (χ0n) is 22.8. The molecule has 2 atom stereocenters. The van der Waals surface area contributed by atoms with Gasteiger partial charge in [0.25, 0.3) is 0 Å². The normalized spacial score (nSPS) is 27.7. The molecule has 1 aromatic rings. The number of likely N-dealkylation sites (tertiary alicyclic amines) is 1. The maximum atomic E-state index is 13.7. The quantitative estimate of drug-likeness (QED) is 0.510. The second kappa shape index (κ2) is 12.4. The third-order valence-corrected chi connectivity index (χ3v) is 10.9. The number of hydrogen-bond donors (Lipinski definition) is 1. The summed E-state index contributed by atoms with van der Waals surface area (Å²) in [6, 6.07) is 4.16. The van der Waals surface area contributed by atoms with Crippen LogP contribution in [0.4, 0.5) is 0 Å². The third kappa shape index (κ3) is 6.65. The molecule has 10 heteroatoms. The molecule has 0 spiro atoms. The highest BCUT2D eigenvalue weighted by atomic mass is 32.2. The fourth-order valence-electron chi connectivity index (χ4n) is 6.16. The van der Waals surface area contributed by atoms with Gasteiger partial charge in [0, 0.05) is 57.6 Å². The van der Waals surface area contributed by atoms with E-state index in [0.29, 0.717) is 47.4 Å². The van der Waals surface area contributed by atoms with E-state index in [0.717, 1.165) is 26.2 Å². The number of amides is 1. The summed E-state index contributed by atoms with van der Waals surface area (Å²) in [4.78, 5) is 19.2. The molecule has 9 nitrogen and oxygen atoms in total. The second-order valence-electron chi connectivity index (χ2n) is 10.9. The molecule has 0 aliphatic carbocycles. The lowest BCUT2D eigenvalue weighted by Gasteiger charge is -2.41. The molecule has 208 valence electrons. The molecule has 1 aromatic carbocycles. The molecule has 0 bridgehead atoms. The number of sulfone groups is 1. The van der Waals surface area contributed by atoms with Gasteiger partial charge in [-0.2, -0.15) is 0 Å². The first kappa shape index (κ1) is 28.3. The molecule has 0 radical (unpaired) electrons. The van der Waals surface area contributed by atoms with Gasteiger partial charge in [-0.15, -0.1) is 0 Å². The van der Waals surface area contributed by atoms with Crippen molar-refractivity contribution >= 4 is 15.7 Å². The van der Waals surface area contributed by atoms with E-state index in [-0.39, 0.29) is 25.0 Å². The summed E-state index contributed by atoms with van der Waals surface area (Å²) in [5.41, 5.74) is 1.36. The maximum absolute atomic E-state index is 13.7. The van der Waals surface area contributed by atoms with Crippen molar-refractivity contribution in [2.45, 2.75) is 49.3 Å². The maximum Gasteiger partial charge on any atom is 0.248 e. The number of aryl methyl sites for hydroxylation is 2. The van der Waals surface area contributed by atoms with E-state index in [1.165, 1.54) is 25.9 Å². The van der Waals surface area contributed by atoms with Gasteiger partial charge >= 0.3 is 0 Å². The highest BCUT2D eigenvalue weighted by molar-refractivity contribution is 7.92. The minimum absolute atomic E-state index is 0.0227. The van der Waals surface area contributed by atoms with E-state index in [4.69, 9.17) is 14.2 Å². The van der Waals surface area contributed by atoms with E-state index < -0.39 is 15.1 Å². The van der Waals surface area contributed by atoms with Crippen LogP contribution >= 0.6 is 0 Å². The van der Waals surface area contributed by atoms with Crippen LogP contribution in [0.5, 0.6) is 5.75 Å². The summed E-state index contributed by atoms with van der Waals surface area (Å²) < 4.78 is 44.2. The lowest BCUT2D eigenvalue weighted by Crippen LogP contribution is -3.10. The average Bonchev–Trinajstić information content (AvgIpc) is 2.88. The fraction of sp³-hybridized carbons (Fsp3) is 0.741. The second-order valence-corrected chi connectivity index (χ2v) is 13.0. The van der Waals surface area contributed by atoms with Gasteiger partial charge in [-0.25, -0.2) is 8.42 Å². The van der Waals surface area contributed by atoms with Crippen LogP contribution in [0.1, 0.15) is 30.4 Å². The number of quaternary nitrogens is 1. The first-order valence-electron chi connectivity index (χ1n) is 13.6. The smallest absolute Gasteiger partial charge is 0.248 e. The molecule has 4 rings (SSSR count). The first-order valence-corrected chi connectivity index (χ1v) is 15.1. The van der Waals surface area contributed by atoms with Crippen LogP contribution in [0.15, 0.2) is 17.0 Å². The Bertz CT molecular complexity index is 1010. The molecule has 37 heavy (non-hydrogen) atoms. The lowest BCUT2D eigenvalue weighted by molar-refractivity contribution is -0.885. The summed E-state index contributed by atoms with van der Waals surface area (Å²) in [6.45, 7) is 10.2. The van der Waals surface area contributed by atoms with E-state index in [1.807, 2.05) is 4.90 Å². The van der Waals surface area contributed by atoms with Crippen molar-refractivity contribution in [1.82, 2.24) is 9.80 Å². The van der Waals surface area contributed by atoms with E-state index in [9.17, 15) is 13.2 Å². The van der Waals surface area contributed by atoms with Crippen molar-refractivity contribution in [3.8, 4) is 5.75 Å². The van der Waals surface area contributed by atoms with Gasteiger partial charge in [0.2, 0.25) is 5.91 Å². The van der Waals surface area contributed by atoms with Crippen LogP contribution < -0.4 is 9.64 Å². The van der Waals surface area contributed by atoms with Crippen LogP contribution in [0, 0.1) is 19.8 Å². The molecule has 3 aliphatic rings. The molecule has 3 fully saturated rings. The molecule has 3 saturated heterocycles. The predicted molar refractivity (Wildman–Crippen MR) is 141 cm³/mol. The monoisotopic (exact) mass is 538 g/mol. The van der Waals surface area contributed by atoms with Crippen molar-refractivity contribution in [1.29, 1.82) is 0 Å². The van der Waals surface area contributed by atoms with Crippen LogP contribution in [-0.4, -0.2) is 115 Å². The molecule has 0 aromatic heterocycles. The van der Waals surface area contributed by atoms with Gasteiger partial charge in [-0.1, -0.05) is 0 Å². The summed E-state index contributed by atoms with van der Waals surface area (Å²) in [5.74, 6) is 0.300. The molecular formula is C27H44N3O6S+. The van der Waals surface area contributed by atoms with Gasteiger partial charge < -0.3 is 24.0 Å². The van der Waals surface area contributed by atoms with Crippen LogP contribution in [0.25, 0.3) is 0 Å². The van der Waals surface area contributed by atoms with E-state index in [2.05, 4.69) is 11.9 Å². The molecule has 1 N–H and O–H groups in total. The number of carbonyl (C=O) groups excluding carboxylic acids is 1. The Balaban J connectivity index is 1.30. The van der Waals surface area contributed by atoms with Gasteiger partial charge in [0.1, 0.15) is 12.4 Å². The average molecular weight is 539 g/mol. The summed E-state index contributed by atoms with van der Waals surface area (Å²) in [7, 11) is 0.223. The number of carbonyl (C=O) groups is 1. The Morgan fingerprint density at radius 3 is 2.35 bits per heavy atom. The Kier molecular flexibility index (Phi) is 9.50. The lowest BCUT2D eigenvalue weighted by atomic mass is 10.0. The highest BCUT2D eigenvalue weighted by Crippen LogP contribution is 2.33. The number of piperazine rings is 1. The number of nitrogens with zero attached hydrogens (tertiary/aromatic N) is 2. The molecule has 0 saturated carbocycles. The number of hydrogen-bond acceptors (Lipinski definition) is 7. The Labute approximate surface area is 221 Å². The molecule has 3 heterocycles. The third-order valence-electron chi connectivity index (χ3n) is 8.31. The van der Waals surface area contributed by atoms with Gasteiger partial charge in [0.15, 0.2) is 9.84 Å². The van der Waals surface area contributed by atoms with Gasteiger partial charge in [-0.05, 0) is 43.5 Å². The summed E-state index contributed by atoms with van der Waals surface area (Å²) in [6.07, 6.45) is 2.87. The Morgan fingerprint density at radius 2 is 1.73 bits per heavy atom. The summed E-state index contributed by atoms with van der Waals surface area (Å²) >= 11 is 0. The molecule has 1 unspecified atom stereocenters. The summed E-state index contributed by atoms with van der Waals surface area (Å²) in [5, 5.41) is -0.609. The number of piperidine rings is 1. The largest absolute Gasteiger partial charge is 0.497 e. The van der Waals surface area contributed by atoms with Crippen molar-refractivity contribution in [2.75, 3.05) is 79.9 Å². The van der Waals surface area contributed by atoms with Crippen LogP contribution in [0.2, 0.25) is 0 Å². The zero-order valence-corrected chi connectivity index (χ0v) is 23.6. The van der Waals surface area contributed by atoms with Crippen molar-refractivity contribution in [3.05, 3.63) is 23.3 Å². The van der Waals surface area contributed by atoms with Crippen molar-refractivity contribution < 1.29 is 32.3 Å². The van der Waals surface area contributed by atoms with Crippen molar-refractivity contribution in [2.24, 2.45) is 5.92 Å². The minimum Gasteiger partial charge on any atom is -0.497 e. The van der Waals surface area contributed by atoms with Crippen LogP contribution in [-0.2, 0) is 24.1 Å². The Morgan fingerprint density at radius 1 is 1.08 bits per heavy atom. The predicted octanol–water partition coefficient (Wildman–Crippen LogP) is 0.329. The zero-order chi connectivity index (χ0) is 26.6. The molecule has 1 amide bonds. The first-order chi connectivity index (χ1) is 17.7. The number of ether oxygens (including phenoxy) is 3. The fourth-order valence-corrected chi connectivity index (χ4v) is 8.54.